The molecule has 0 radical (unpaired) electrons. The predicted molar refractivity (Wildman–Crippen MR) is 103 cm³/mol. The summed E-state index contributed by atoms with van der Waals surface area (Å²) in [5, 5.41) is 3.27. The Labute approximate surface area is 157 Å². The van der Waals surface area contributed by atoms with Gasteiger partial charge in [-0.05, 0) is 56.9 Å². The van der Waals surface area contributed by atoms with Crippen molar-refractivity contribution in [3.63, 3.8) is 0 Å². The first-order valence-electron chi connectivity index (χ1n) is 10.3. The maximum absolute atomic E-state index is 12.6. The third-order valence-corrected chi connectivity index (χ3v) is 5.75. The second kappa shape index (κ2) is 10.1. The molecule has 1 aliphatic heterocycles. The molecule has 1 saturated carbocycles. The first-order valence-corrected chi connectivity index (χ1v) is 10.3. The van der Waals surface area contributed by atoms with Crippen LogP contribution in [0.5, 0.6) is 0 Å². The summed E-state index contributed by atoms with van der Waals surface area (Å²) in [6, 6.07) is 10.9. The van der Waals surface area contributed by atoms with Gasteiger partial charge in [0.15, 0.2) is 0 Å². The van der Waals surface area contributed by atoms with Gasteiger partial charge in [-0.3, -0.25) is 4.79 Å². The fraction of sp³-hybridized carbons (Fsp3) is 0.682. The van der Waals surface area contributed by atoms with Crippen molar-refractivity contribution in [2.45, 2.75) is 76.5 Å². The molecule has 0 aromatic heterocycles. The van der Waals surface area contributed by atoms with Gasteiger partial charge in [0.05, 0.1) is 12.7 Å². The molecule has 1 saturated heterocycles. The van der Waals surface area contributed by atoms with Gasteiger partial charge in [0.1, 0.15) is 6.10 Å². The Morgan fingerprint density at radius 1 is 1.15 bits per heavy atom. The third kappa shape index (κ3) is 5.82. The van der Waals surface area contributed by atoms with E-state index in [0.29, 0.717) is 12.5 Å². The van der Waals surface area contributed by atoms with Crippen LogP contribution >= 0.6 is 0 Å². The molecule has 1 aromatic rings. The molecule has 1 N–H and O–H groups in total. The highest BCUT2D eigenvalue weighted by Crippen LogP contribution is 2.27. The standard InChI is InChI=1S/C22H33NO3/c1-17(26-16-20-12-7-8-14-25-20)22(24)23-21-13-6-5-11-19(21)15-18-9-3-2-4-10-18/h2-4,9-10,17,19-21H,5-8,11-16H2,1H3,(H,23,24). The van der Waals surface area contributed by atoms with Crippen LogP contribution in [0.2, 0.25) is 0 Å². The maximum atomic E-state index is 12.6. The number of rotatable bonds is 7. The summed E-state index contributed by atoms with van der Waals surface area (Å²) in [4.78, 5) is 12.6. The first kappa shape index (κ1) is 19.4. The highest BCUT2D eigenvalue weighted by molar-refractivity contribution is 5.80. The minimum absolute atomic E-state index is 0.0192. The van der Waals surface area contributed by atoms with Gasteiger partial charge in [-0.1, -0.05) is 43.2 Å². The molecule has 26 heavy (non-hydrogen) atoms. The van der Waals surface area contributed by atoms with Gasteiger partial charge in [0.2, 0.25) is 5.91 Å². The molecule has 1 heterocycles. The van der Waals surface area contributed by atoms with Gasteiger partial charge in [0, 0.05) is 12.6 Å². The van der Waals surface area contributed by atoms with Crippen LogP contribution in [0.1, 0.15) is 57.4 Å². The Kier molecular flexibility index (Phi) is 7.51. The minimum Gasteiger partial charge on any atom is -0.376 e. The van der Waals surface area contributed by atoms with E-state index in [-0.39, 0.29) is 18.1 Å². The van der Waals surface area contributed by atoms with Gasteiger partial charge >= 0.3 is 0 Å². The summed E-state index contributed by atoms with van der Waals surface area (Å²) < 4.78 is 11.5. The van der Waals surface area contributed by atoms with E-state index in [1.165, 1.54) is 31.2 Å². The molecule has 4 atom stereocenters. The van der Waals surface area contributed by atoms with E-state index in [9.17, 15) is 4.79 Å². The second-order valence-corrected chi connectivity index (χ2v) is 7.81. The van der Waals surface area contributed by atoms with Crippen LogP contribution in [0.3, 0.4) is 0 Å². The van der Waals surface area contributed by atoms with Crippen LogP contribution in [0.4, 0.5) is 0 Å². The fourth-order valence-corrected chi connectivity index (χ4v) is 4.13. The highest BCUT2D eigenvalue weighted by atomic mass is 16.5. The molecule has 2 aliphatic rings. The van der Waals surface area contributed by atoms with Gasteiger partial charge in [-0.25, -0.2) is 0 Å². The first-order chi connectivity index (χ1) is 12.7. The van der Waals surface area contributed by atoms with Crippen LogP contribution in [0.15, 0.2) is 30.3 Å². The number of nitrogens with one attached hydrogen (secondary N) is 1. The van der Waals surface area contributed by atoms with Crippen molar-refractivity contribution in [1.29, 1.82) is 0 Å². The Bertz CT molecular complexity index is 542. The normalized spacial score (nSPS) is 27.7. The van der Waals surface area contributed by atoms with Gasteiger partial charge in [-0.2, -0.15) is 0 Å². The van der Waals surface area contributed by atoms with Crippen LogP contribution in [0.25, 0.3) is 0 Å². The van der Waals surface area contributed by atoms with Gasteiger partial charge < -0.3 is 14.8 Å². The van der Waals surface area contributed by atoms with Crippen LogP contribution in [-0.4, -0.2) is 37.4 Å². The van der Waals surface area contributed by atoms with Crippen molar-refractivity contribution in [1.82, 2.24) is 5.32 Å². The lowest BCUT2D eigenvalue weighted by molar-refractivity contribution is -0.136. The van der Waals surface area contributed by atoms with Crippen molar-refractivity contribution < 1.29 is 14.3 Å². The van der Waals surface area contributed by atoms with Crippen molar-refractivity contribution in [3.05, 3.63) is 35.9 Å². The van der Waals surface area contributed by atoms with E-state index in [2.05, 4.69) is 35.6 Å². The van der Waals surface area contributed by atoms with Crippen molar-refractivity contribution in [2.24, 2.45) is 5.92 Å². The van der Waals surface area contributed by atoms with E-state index in [0.717, 1.165) is 32.3 Å². The van der Waals surface area contributed by atoms with E-state index in [1.807, 2.05) is 6.92 Å². The molecule has 4 unspecified atom stereocenters. The van der Waals surface area contributed by atoms with Gasteiger partial charge in [0.25, 0.3) is 0 Å². The Morgan fingerprint density at radius 2 is 1.92 bits per heavy atom. The Balaban J connectivity index is 1.47. The molecule has 1 aliphatic carbocycles. The molecule has 2 fully saturated rings. The molecule has 0 spiro atoms. The summed E-state index contributed by atoms with van der Waals surface area (Å²) in [5.41, 5.74) is 1.36. The van der Waals surface area contributed by atoms with Crippen molar-refractivity contribution in [3.8, 4) is 0 Å². The number of amides is 1. The molecule has 1 aromatic carbocycles. The van der Waals surface area contributed by atoms with Crippen LogP contribution < -0.4 is 5.32 Å². The molecule has 4 heteroatoms. The summed E-state index contributed by atoms with van der Waals surface area (Å²) in [6.45, 7) is 3.19. The number of carbonyl (C=O) groups is 1. The van der Waals surface area contributed by atoms with E-state index < -0.39 is 6.10 Å². The summed E-state index contributed by atoms with van der Waals surface area (Å²) in [6.07, 6.45) is 8.85. The SMILES string of the molecule is CC(OCC1CCCCO1)C(=O)NC1CCCCC1Cc1ccccc1. The molecular weight excluding hydrogens is 326 g/mol. The molecule has 144 valence electrons. The molecule has 0 bridgehead atoms. The van der Waals surface area contributed by atoms with Crippen LogP contribution in [-0.2, 0) is 20.7 Å². The summed E-state index contributed by atoms with van der Waals surface area (Å²) >= 11 is 0. The number of carbonyl (C=O) groups excluding carboxylic acids is 1. The largest absolute Gasteiger partial charge is 0.376 e. The van der Waals surface area contributed by atoms with E-state index >= 15 is 0 Å². The van der Waals surface area contributed by atoms with Gasteiger partial charge in [-0.15, -0.1) is 0 Å². The average molecular weight is 360 g/mol. The lowest BCUT2D eigenvalue weighted by Crippen LogP contribution is -2.47. The Hall–Kier alpha value is -1.39. The van der Waals surface area contributed by atoms with Crippen molar-refractivity contribution >= 4 is 5.91 Å². The van der Waals surface area contributed by atoms with E-state index in [1.54, 1.807) is 0 Å². The monoisotopic (exact) mass is 359 g/mol. The quantitative estimate of drug-likeness (QED) is 0.804. The maximum Gasteiger partial charge on any atom is 0.249 e. The predicted octanol–water partition coefficient (Wildman–Crippen LogP) is 3.88. The van der Waals surface area contributed by atoms with Crippen LogP contribution in [0, 0.1) is 5.92 Å². The van der Waals surface area contributed by atoms with Crippen molar-refractivity contribution in [2.75, 3.05) is 13.2 Å². The number of hydrogen-bond donors (Lipinski definition) is 1. The lowest BCUT2D eigenvalue weighted by Gasteiger charge is -2.33. The molecule has 1 amide bonds. The third-order valence-electron chi connectivity index (χ3n) is 5.75. The number of benzene rings is 1. The lowest BCUT2D eigenvalue weighted by atomic mass is 9.80. The smallest absolute Gasteiger partial charge is 0.249 e. The van der Waals surface area contributed by atoms with E-state index in [4.69, 9.17) is 9.47 Å². The zero-order valence-electron chi connectivity index (χ0n) is 16.0. The number of ether oxygens (including phenoxy) is 2. The zero-order valence-corrected chi connectivity index (χ0v) is 16.0. The second-order valence-electron chi connectivity index (χ2n) is 7.81. The summed E-state index contributed by atoms with van der Waals surface area (Å²) in [7, 11) is 0. The molecule has 3 rings (SSSR count). The fourth-order valence-electron chi connectivity index (χ4n) is 4.13. The number of hydrogen-bond acceptors (Lipinski definition) is 3. The average Bonchev–Trinajstić information content (AvgIpc) is 2.69. The topological polar surface area (TPSA) is 47.6 Å². The highest BCUT2D eigenvalue weighted by Gasteiger charge is 2.28. The molecular formula is C22H33NO3. The zero-order chi connectivity index (χ0) is 18.2. The summed E-state index contributed by atoms with van der Waals surface area (Å²) in [5.74, 6) is 0.537. The minimum atomic E-state index is -0.417. The Morgan fingerprint density at radius 3 is 2.69 bits per heavy atom. The molecule has 4 nitrogen and oxygen atoms in total.